The first-order valence-electron chi connectivity index (χ1n) is 9.12. The molecule has 3 aliphatic rings. The number of hydrogen-bond donors (Lipinski definition) is 0. The second-order valence-corrected chi connectivity index (χ2v) is 7.56. The van der Waals surface area contributed by atoms with Crippen LogP contribution in [0.2, 0.25) is 0 Å². The van der Waals surface area contributed by atoms with Crippen molar-refractivity contribution >= 4 is 22.9 Å². The lowest BCUT2D eigenvalue weighted by atomic mass is 9.86. The molecule has 0 N–H and O–H groups in total. The number of carbonyl (C=O) groups is 2. The van der Waals surface area contributed by atoms with Crippen molar-refractivity contribution in [2.24, 2.45) is 5.92 Å². The summed E-state index contributed by atoms with van der Waals surface area (Å²) in [7, 11) is 2.05. The van der Waals surface area contributed by atoms with Crippen molar-refractivity contribution in [1.29, 1.82) is 0 Å². The van der Waals surface area contributed by atoms with E-state index in [1.165, 1.54) is 13.0 Å². The molecule has 3 aliphatic heterocycles. The Hall–Kier alpha value is -2.15. The fourth-order valence-electron chi connectivity index (χ4n) is 4.11. The van der Waals surface area contributed by atoms with Crippen molar-refractivity contribution in [3.8, 4) is 5.75 Å². The van der Waals surface area contributed by atoms with E-state index in [4.69, 9.17) is 4.74 Å². The van der Waals surface area contributed by atoms with Crippen LogP contribution in [-0.4, -0.2) is 68.9 Å². The molecule has 2 unspecified atom stereocenters. The van der Waals surface area contributed by atoms with Gasteiger partial charge < -0.3 is 19.4 Å². The molecule has 0 spiro atoms. The molecule has 140 valence electrons. The number of Topliss-reactive ketones (excluding diaryl/α,β-unsaturated/α-hetero) is 2. The fraction of sp³-hybridized carbons (Fsp3) is 0.579. The number of carbonyl (C=O) groups excluding carboxylic acids is 2. The highest BCUT2D eigenvalue weighted by molar-refractivity contribution is 6.16. The van der Waals surface area contributed by atoms with Gasteiger partial charge in [-0.2, -0.15) is 0 Å². The Morgan fingerprint density at radius 3 is 2.58 bits per heavy atom. The molecule has 4 rings (SSSR count). The molecular weight excluding hydrogens is 337 g/mol. The van der Waals surface area contributed by atoms with Gasteiger partial charge >= 0.3 is 0 Å². The molecule has 6 nitrogen and oxygen atoms in total. The summed E-state index contributed by atoms with van der Waals surface area (Å²) in [6.07, 6.45) is 0. The van der Waals surface area contributed by atoms with Crippen LogP contribution >= 0.6 is 0 Å². The number of ketones is 2. The van der Waals surface area contributed by atoms with Crippen molar-refractivity contribution in [3.63, 3.8) is 0 Å². The van der Waals surface area contributed by atoms with Crippen molar-refractivity contribution in [1.82, 2.24) is 4.90 Å². The third kappa shape index (κ3) is 2.57. The van der Waals surface area contributed by atoms with Gasteiger partial charge in [0.25, 0.3) is 0 Å². The zero-order chi connectivity index (χ0) is 18.6. The van der Waals surface area contributed by atoms with E-state index in [9.17, 15) is 9.59 Å². The maximum atomic E-state index is 15.1. The lowest BCUT2D eigenvalue weighted by molar-refractivity contribution is -0.119. The summed E-state index contributed by atoms with van der Waals surface area (Å²) in [4.78, 5) is 31.0. The number of ether oxygens (including phenoxy) is 1. The first-order valence-corrected chi connectivity index (χ1v) is 9.12. The van der Waals surface area contributed by atoms with Gasteiger partial charge in [0.1, 0.15) is 18.1 Å². The van der Waals surface area contributed by atoms with Gasteiger partial charge in [-0.15, -0.1) is 0 Å². The number of likely N-dealkylation sites (N-methyl/N-ethyl adjacent to an activating group) is 1. The summed E-state index contributed by atoms with van der Waals surface area (Å²) in [6.45, 7) is 7.29. The zero-order valence-electron chi connectivity index (χ0n) is 15.4. The summed E-state index contributed by atoms with van der Waals surface area (Å²) in [6, 6.07) is 1.33. The maximum Gasteiger partial charge on any atom is 0.177 e. The highest BCUT2D eigenvalue weighted by atomic mass is 19.1. The standard InChI is InChI=1S/C19H24FN3O3/c1-11-10-26-19-16-13(18(25)14(12(2)24)9-23(11)16)8-15(20)17(19)22-6-4-21(3)5-7-22/h8,11,14H,4-7,9-10H2,1-3H3. The van der Waals surface area contributed by atoms with Gasteiger partial charge in [-0.05, 0) is 27.0 Å². The van der Waals surface area contributed by atoms with Crippen molar-refractivity contribution < 1.29 is 18.7 Å². The topological polar surface area (TPSA) is 53.1 Å². The number of nitrogens with zero attached hydrogens (tertiary/aromatic N) is 3. The van der Waals surface area contributed by atoms with E-state index in [0.717, 1.165) is 13.1 Å². The van der Waals surface area contributed by atoms with Crippen LogP contribution < -0.4 is 14.5 Å². The van der Waals surface area contributed by atoms with Crippen LogP contribution in [0.5, 0.6) is 5.75 Å². The molecule has 3 heterocycles. The molecule has 0 radical (unpaired) electrons. The van der Waals surface area contributed by atoms with Crippen LogP contribution in [0.3, 0.4) is 0 Å². The normalized spacial score (nSPS) is 25.8. The van der Waals surface area contributed by atoms with Crippen LogP contribution in [0.1, 0.15) is 24.2 Å². The van der Waals surface area contributed by atoms with Gasteiger partial charge in [0.05, 0.1) is 17.6 Å². The van der Waals surface area contributed by atoms with Crippen LogP contribution in [0.15, 0.2) is 6.07 Å². The number of halogens is 1. The molecule has 26 heavy (non-hydrogen) atoms. The van der Waals surface area contributed by atoms with Gasteiger partial charge in [-0.1, -0.05) is 0 Å². The highest BCUT2D eigenvalue weighted by Crippen LogP contribution is 2.48. The van der Waals surface area contributed by atoms with E-state index in [1.807, 2.05) is 23.8 Å². The minimum atomic E-state index is -0.732. The zero-order valence-corrected chi connectivity index (χ0v) is 15.4. The Labute approximate surface area is 152 Å². The van der Waals surface area contributed by atoms with Crippen LogP contribution in [-0.2, 0) is 4.79 Å². The predicted molar refractivity (Wildman–Crippen MR) is 96.9 cm³/mol. The van der Waals surface area contributed by atoms with E-state index in [1.54, 1.807) is 0 Å². The average Bonchev–Trinajstić information content (AvgIpc) is 2.60. The number of hydrogen-bond acceptors (Lipinski definition) is 6. The Morgan fingerprint density at radius 2 is 1.92 bits per heavy atom. The molecule has 0 aromatic heterocycles. The second-order valence-electron chi connectivity index (χ2n) is 7.56. The number of rotatable bonds is 2. The van der Waals surface area contributed by atoms with E-state index < -0.39 is 11.7 Å². The monoisotopic (exact) mass is 361 g/mol. The predicted octanol–water partition coefficient (Wildman–Crippen LogP) is 1.57. The molecule has 1 aromatic rings. The molecule has 0 saturated carbocycles. The van der Waals surface area contributed by atoms with E-state index in [-0.39, 0.29) is 23.2 Å². The summed E-state index contributed by atoms with van der Waals surface area (Å²) >= 11 is 0. The molecule has 0 aliphatic carbocycles. The van der Waals surface area contributed by atoms with E-state index >= 15 is 4.39 Å². The SMILES string of the molecule is CC(=O)C1CN2c3c(cc(F)c(N4CCN(C)CC4)c3OCC2C)C1=O. The van der Waals surface area contributed by atoms with Crippen LogP contribution in [0.4, 0.5) is 15.8 Å². The third-order valence-corrected chi connectivity index (χ3v) is 5.74. The summed E-state index contributed by atoms with van der Waals surface area (Å²) in [5, 5.41) is 0. The number of piperazine rings is 1. The lowest BCUT2D eigenvalue weighted by Gasteiger charge is -2.44. The molecule has 1 saturated heterocycles. The maximum absolute atomic E-state index is 15.1. The van der Waals surface area contributed by atoms with Crippen LogP contribution in [0.25, 0.3) is 0 Å². The van der Waals surface area contributed by atoms with Gasteiger partial charge in [0, 0.05) is 38.3 Å². The first kappa shape index (κ1) is 17.3. The average molecular weight is 361 g/mol. The highest BCUT2D eigenvalue weighted by Gasteiger charge is 2.43. The van der Waals surface area contributed by atoms with Crippen molar-refractivity contribution in [2.75, 3.05) is 56.2 Å². The van der Waals surface area contributed by atoms with Gasteiger partial charge in [0.2, 0.25) is 0 Å². The van der Waals surface area contributed by atoms with E-state index in [2.05, 4.69) is 4.90 Å². The summed E-state index contributed by atoms with van der Waals surface area (Å²) in [5.41, 5.74) is 1.37. The molecule has 0 amide bonds. The van der Waals surface area contributed by atoms with Gasteiger partial charge in [0.15, 0.2) is 17.3 Å². The third-order valence-electron chi connectivity index (χ3n) is 5.74. The number of anilines is 2. The minimum absolute atomic E-state index is 0.0296. The number of benzene rings is 1. The Kier molecular flexibility index (Phi) is 4.14. The van der Waals surface area contributed by atoms with Crippen LogP contribution in [0, 0.1) is 11.7 Å². The quantitative estimate of drug-likeness (QED) is 0.746. The minimum Gasteiger partial charge on any atom is -0.487 e. The van der Waals surface area contributed by atoms with Crippen molar-refractivity contribution in [2.45, 2.75) is 19.9 Å². The molecular formula is C19H24FN3O3. The smallest absolute Gasteiger partial charge is 0.177 e. The Morgan fingerprint density at radius 1 is 1.23 bits per heavy atom. The van der Waals surface area contributed by atoms with Crippen molar-refractivity contribution in [3.05, 3.63) is 17.4 Å². The first-order chi connectivity index (χ1) is 12.4. The molecule has 1 aromatic carbocycles. The molecule has 2 atom stereocenters. The molecule has 0 bridgehead atoms. The molecule has 7 heteroatoms. The molecule has 1 fully saturated rings. The second kappa shape index (κ2) is 6.23. The Balaban J connectivity index is 1.85. The fourth-order valence-corrected chi connectivity index (χ4v) is 4.11. The Bertz CT molecular complexity index is 774. The van der Waals surface area contributed by atoms with E-state index in [0.29, 0.717) is 43.4 Å². The van der Waals surface area contributed by atoms with Gasteiger partial charge in [-0.3, -0.25) is 9.59 Å². The summed E-state index contributed by atoms with van der Waals surface area (Å²) < 4.78 is 21.0. The van der Waals surface area contributed by atoms with Gasteiger partial charge in [-0.25, -0.2) is 4.39 Å². The summed E-state index contributed by atoms with van der Waals surface area (Å²) in [5.74, 6) is -1.20. The largest absolute Gasteiger partial charge is 0.487 e. The lowest BCUT2D eigenvalue weighted by Crippen LogP contribution is -2.51.